The first kappa shape index (κ1) is 34.6. The minimum atomic E-state index is 0.849. The highest BCUT2D eigenvalue weighted by Crippen LogP contribution is 2.42. The molecular formula is C52H41N7. The standard InChI is InChI=1S/C52H41N7/c1-34-14-12-15-35(2)49(34)55-30-28-53-51(55)58-45-22-10-8-20-41(45)43-26-24-39(32-47(43)58)57(38-18-6-5-7-19-38)40-25-27-44-42-21-9-11-23-46(42)59(48(44)33-40)52-54-29-31-56(52)50-36(3)16-13-17-37(50)4/h5-33H,1-4H3. The summed E-state index contributed by atoms with van der Waals surface area (Å²) in [7, 11) is 0. The molecule has 0 saturated carbocycles. The van der Waals surface area contributed by atoms with E-state index in [2.05, 4.69) is 215 Å². The van der Waals surface area contributed by atoms with E-state index in [0.29, 0.717) is 0 Å². The van der Waals surface area contributed by atoms with Gasteiger partial charge in [-0.2, -0.15) is 0 Å². The summed E-state index contributed by atoms with van der Waals surface area (Å²) in [6, 6.07) is 54.5. The molecule has 11 rings (SSSR count). The molecule has 11 aromatic rings. The van der Waals surface area contributed by atoms with Crippen molar-refractivity contribution in [3.05, 3.63) is 199 Å². The summed E-state index contributed by atoms with van der Waals surface area (Å²) in [6.07, 6.45) is 7.96. The summed E-state index contributed by atoms with van der Waals surface area (Å²) < 4.78 is 9.09. The number of para-hydroxylation sites is 5. The van der Waals surface area contributed by atoms with E-state index in [1.54, 1.807) is 0 Å². The van der Waals surface area contributed by atoms with Gasteiger partial charge in [-0.25, -0.2) is 9.97 Å². The Labute approximate surface area is 342 Å². The van der Waals surface area contributed by atoms with E-state index in [-0.39, 0.29) is 0 Å². The highest BCUT2D eigenvalue weighted by Gasteiger charge is 2.23. The molecule has 0 unspecified atom stereocenters. The van der Waals surface area contributed by atoms with E-state index >= 15 is 0 Å². The maximum atomic E-state index is 5.04. The van der Waals surface area contributed by atoms with Crippen molar-refractivity contribution in [3.8, 4) is 23.3 Å². The lowest BCUT2D eigenvalue weighted by molar-refractivity contribution is 0.923. The lowest BCUT2D eigenvalue weighted by Crippen LogP contribution is -2.11. The SMILES string of the molecule is Cc1cccc(C)c1-n1ccnc1-n1c2ccccc2c2ccc(N(c3ccccc3)c3ccc4c5ccccc5n(-c5nccn5-c5c(C)cccc5C)c4c3)cc21. The summed E-state index contributed by atoms with van der Waals surface area (Å²) in [4.78, 5) is 12.4. The fraction of sp³-hybridized carbons (Fsp3) is 0.0769. The highest BCUT2D eigenvalue weighted by atomic mass is 15.3. The van der Waals surface area contributed by atoms with Crippen LogP contribution in [-0.2, 0) is 0 Å². The molecule has 0 aliphatic carbocycles. The zero-order chi connectivity index (χ0) is 39.8. The van der Waals surface area contributed by atoms with Gasteiger partial charge in [-0.15, -0.1) is 0 Å². The van der Waals surface area contributed by atoms with E-state index in [1.807, 2.05) is 12.4 Å². The molecule has 0 atom stereocenters. The van der Waals surface area contributed by atoms with Gasteiger partial charge in [-0.3, -0.25) is 18.3 Å². The largest absolute Gasteiger partial charge is 0.310 e. The summed E-state index contributed by atoms with van der Waals surface area (Å²) >= 11 is 0. The number of hydrogen-bond donors (Lipinski definition) is 0. The van der Waals surface area contributed by atoms with Gasteiger partial charge in [0, 0.05) is 63.4 Å². The molecule has 0 fully saturated rings. The minimum Gasteiger partial charge on any atom is -0.310 e. The van der Waals surface area contributed by atoms with Crippen molar-refractivity contribution in [2.24, 2.45) is 0 Å². The van der Waals surface area contributed by atoms with Crippen molar-refractivity contribution < 1.29 is 0 Å². The molecule has 7 aromatic carbocycles. The molecule has 0 bridgehead atoms. The molecule has 4 heterocycles. The minimum absolute atomic E-state index is 0.849. The summed E-state index contributed by atoms with van der Waals surface area (Å²) in [5.74, 6) is 1.70. The Hall–Kier alpha value is -7.64. The molecule has 0 saturated heterocycles. The predicted molar refractivity (Wildman–Crippen MR) is 243 cm³/mol. The van der Waals surface area contributed by atoms with Gasteiger partial charge in [0.15, 0.2) is 0 Å². The van der Waals surface area contributed by atoms with Crippen LogP contribution in [0.3, 0.4) is 0 Å². The molecule has 0 aliphatic heterocycles. The lowest BCUT2D eigenvalue weighted by atomic mass is 10.1. The maximum absolute atomic E-state index is 5.04. The lowest BCUT2D eigenvalue weighted by Gasteiger charge is -2.26. The van der Waals surface area contributed by atoms with Gasteiger partial charge in [0.2, 0.25) is 11.9 Å². The quantitative estimate of drug-likeness (QED) is 0.162. The first-order valence-corrected chi connectivity index (χ1v) is 20.1. The van der Waals surface area contributed by atoms with Gasteiger partial charge in [0.25, 0.3) is 0 Å². The van der Waals surface area contributed by atoms with Crippen molar-refractivity contribution in [1.82, 2.24) is 28.2 Å². The zero-order valence-corrected chi connectivity index (χ0v) is 33.4. The van der Waals surface area contributed by atoms with Gasteiger partial charge >= 0.3 is 0 Å². The van der Waals surface area contributed by atoms with Crippen LogP contribution < -0.4 is 4.90 Å². The molecule has 7 nitrogen and oxygen atoms in total. The Balaban J connectivity index is 1.15. The Bertz CT molecular complexity index is 3150. The topological polar surface area (TPSA) is 48.7 Å². The van der Waals surface area contributed by atoms with E-state index in [0.717, 1.165) is 62.4 Å². The van der Waals surface area contributed by atoms with Gasteiger partial charge in [-0.1, -0.05) is 103 Å². The maximum Gasteiger partial charge on any atom is 0.219 e. The normalized spacial score (nSPS) is 11.7. The predicted octanol–water partition coefficient (Wildman–Crippen LogP) is 13.0. The molecule has 284 valence electrons. The second-order valence-electron chi connectivity index (χ2n) is 15.5. The second kappa shape index (κ2) is 13.5. The molecule has 0 spiro atoms. The molecule has 59 heavy (non-hydrogen) atoms. The number of hydrogen-bond acceptors (Lipinski definition) is 3. The van der Waals surface area contributed by atoms with Crippen LogP contribution in [0, 0.1) is 27.7 Å². The molecule has 4 aromatic heterocycles. The monoisotopic (exact) mass is 763 g/mol. The third kappa shape index (κ3) is 5.35. The Morgan fingerprint density at radius 2 is 0.780 bits per heavy atom. The molecule has 0 amide bonds. The van der Waals surface area contributed by atoms with E-state index < -0.39 is 0 Å². The number of benzene rings is 7. The van der Waals surface area contributed by atoms with E-state index in [1.165, 1.54) is 43.8 Å². The van der Waals surface area contributed by atoms with E-state index in [4.69, 9.17) is 9.97 Å². The van der Waals surface area contributed by atoms with Crippen LogP contribution in [0.4, 0.5) is 17.1 Å². The summed E-state index contributed by atoms with van der Waals surface area (Å²) in [6.45, 7) is 8.67. The van der Waals surface area contributed by atoms with Crippen LogP contribution in [-0.4, -0.2) is 28.2 Å². The first-order valence-electron chi connectivity index (χ1n) is 20.1. The van der Waals surface area contributed by atoms with Crippen molar-refractivity contribution in [3.63, 3.8) is 0 Å². The first-order chi connectivity index (χ1) is 29.0. The molecule has 0 N–H and O–H groups in total. The van der Waals surface area contributed by atoms with Crippen LogP contribution in [0.15, 0.2) is 176 Å². The highest BCUT2D eigenvalue weighted by molar-refractivity contribution is 6.12. The van der Waals surface area contributed by atoms with Gasteiger partial charge in [-0.05, 0) is 98.5 Å². The smallest absolute Gasteiger partial charge is 0.219 e. The molecular weight excluding hydrogens is 723 g/mol. The Kier molecular flexibility index (Phi) is 7.91. The number of fused-ring (bicyclic) bond motifs is 6. The third-order valence-corrected chi connectivity index (χ3v) is 11.8. The van der Waals surface area contributed by atoms with Crippen LogP contribution in [0.5, 0.6) is 0 Å². The summed E-state index contributed by atoms with van der Waals surface area (Å²) in [5, 5.41) is 4.70. The Morgan fingerprint density at radius 3 is 1.24 bits per heavy atom. The van der Waals surface area contributed by atoms with Crippen LogP contribution in [0.25, 0.3) is 66.9 Å². The van der Waals surface area contributed by atoms with Crippen molar-refractivity contribution in [2.45, 2.75) is 27.7 Å². The molecule has 0 aliphatic rings. The van der Waals surface area contributed by atoms with Crippen LogP contribution >= 0.6 is 0 Å². The molecule has 7 heteroatoms. The summed E-state index contributed by atoms with van der Waals surface area (Å²) in [5.41, 5.74) is 14.6. The third-order valence-electron chi connectivity index (χ3n) is 11.8. The van der Waals surface area contributed by atoms with Crippen LogP contribution in [0.2, 0.25) is 0 Å². The number of imidazole rings is 2. The fourth-order valence-electron chi connectivity index (χ4n) is 9.29. The number of rotatable bonds is 7. The molecule has 0 radical (unpaired) electrons. The number of aromatic nitrogens is 6. The van der Waals surface area contributed by atoms with Crippen LogP contribution in [0.1, 0.15) is 22.3 Å². The number of nitrogens with zero attached hydrogens (tertiary/aromatic N) is 7. The van der Waals surface area contributed by atoms with Gasteiger partial charge < -0.3 is 4.90 Å². The number of anilines is 3. The number of aryl methyl sites for hydroxylation is 4. The van der Waals surface area contributed by atoms with Crippen molar-refractivity contribution >= 4 is 60.7 Å². The van der Waals surface area contributed by atoms with E-state index in [9.17, 15) is 0 Å². The zero-order valence-electron chi connectivity index (χ0n) is 33.4. The average molecular weight is 764 g/mol. The fourth-order valence-corrected chi connectivity index (χ4v) is 9.29. The van der Waals surface area contributed by atoms with Gasteiger partial charge in [0.1, 0.15) is 0 Å². The second-order valence-corrected chi connectivity index (χ2v) is 15.5. The van der Waals surface area contributed by atoms with Crippen molar-refractivity contribution in [1.29, 1.82) is 0 Å². The van der Waals surface area contributed by atoms with Gasteiger partial charge in [0.05, 0.1) is 33.4 Å². The average Bonchev–Trinajstić information content (AvgIpc) is 4.05. The Morgan fingerprint density at radius 1 is 0.373 bits per heavy atom. The van der Waals surface area contributed by atoms with Crippen molar-refractivity contribution in [2.75, 3.05) is 4.90 Å².